The number of esters is 2. The second-order valence-electron chi connectivity index (χ2n) is 6.54. The van der Waals surface area contributed by atoms with Crippen LogP contribution in [-0.4, -0.2) is 35.9 Å². The second-order valence-corrected chi connectivity index (χ2v) is 6.54. The van der Waals surface area contributed by atoms with Gasteiger partial charge < -0.3 is 14.6 Å². The van der Waals surface area contributed by atoms with Crippen molar-refractivity contribution in [1.82, 2.24) is 0 Å². The number of hydrogen-bond acceptors (Lipinski definition) is 5. The highest BCUT2D eigenvalue weighted by atomic mass is 16.5. The first-order valence-corrected chi connectivity index (χ1v) is 8.87. The molecule has 0 heterocycles. The summed E-state index contributed by atoms with van der Waals surface area (Å²) in [6.45, 7) is 7.38. The van der Waals surface area contributed by atoms with E-state index in [1.54, 1.807) is 0 Å². The number of hydrogen-bond donors (Lipinski definition) is 1. The van der Waals surface area contributed by atoms with Crippen LogP contribution in [0.25, 0.3) is 0 Å². The normalized spacial score (nSPS) is 12.5. The van der Waals surface area contributed by atoms with Crippen LogP contribution in [0.5, 0.6) is 0 Å². The third-order valence-corrected chi connectivity index (χ3v) is 3.46. The van der Waals surface area contributed by atoms with Gasteiger partial charge in [0.25, 0.3) is 0 Å². The first-order valence-electron chi connectivity index (χ1n) is 8.87. The molecule has 0 bridgehead atoms. The largest absolute Gasteiger partial charge is 0.463 e. The molecule has 0 amide bonds. The average Bonchev–Trinajstić information content (AvgIpc) is 2.43. The molecule has 5 nitrogen and oxygen atoms in total. The van der Waals surface area contributed by atoms with Crippen LogP contribution in [0, 0.1) is 5.92 Å². The van der Waals surface area contributed by atoms with Gasteiger partial charge in [-0.05, 0) is 47.0 Å². The summed E-state index contributed by atoms with van der Waals surface area (Å²) < 4.78 is 10.3. The van der Waals surface area contributed by atoms with Gasteiger partial charge in [-0.3, -0.25) is 9.59 Å². The summed E-state index contributed by atoms with van der Waals surface area (Å²) in [5, 5.41) is 9.06. The molecule has 0 aromatic carbocycles. The minimum absolute atomic E-state index is 0.00975. The van der Waals surface area contributed by atoms with E-state index in [4.69, 9.17) is 14.6 Å². The summed E-state index contributed by atoms with van der Waals surface area (Å²) in [6.07, 6.45) is 6.38. The molecule has 0 aliphatic rings. The topological polar surface area (TPSA) is 72.8 Å². The predicted molar refractivity (Wildman–Crippen MR) is 90.0 cm³/mol. The highest BCUT2D eigenvalue weighted by molar-refractivity contribution is 5.72. The third kappa shape index (κ3) is 13.1. The van der Waals surface area contributed by atoms with E-state index >= 15 is 0 Å². The maximum absolute atomic E-state index is 11.9. The zero-order chi connectivity index (χ0) is 17.7. The van der Waals surface area contributed by atoms with Gasteiger partial charge >= 0.3 is 11.9 Å². The van der Waals surface area contributed by atoms with Gasteiger partial charge in [-0.2, -0.15) is 0 Å². The predicted octanol–water partition coefficient (Wildman–Crippen LogP) is 3.62. The van der Waals surface area contributed by atoms with Gasteiger partial charge in [0.2, 0.25) is 0 Å². The Balaban J connectivity index is 3.74. The van der Waals surface area contributed by atoms with Gasteiger partial charge in [0.1, 0.15) is 0 Å². The number of ether oxygens (including phenoxy) is 2. The SMILES string of the molecule is CC(C)OC(=O)CCCCCCCC(CCO)C(=O)OC(C)C. The van der Waals surface area contributed by atoms with Crippen LogP contribution >= 0.6 is 0 Å². The van der Waals surface area contributed by atoms with Crippen molar-refractivity contribution in [2.75, 3.05) is 6.61 Å². The lowest BCUT2D eigenvalue weighted by atomic mass is 9.97. The van der Waals surface area contributed by atoms with E-state index in [-0.39, 0.29) is 36.7 Å². The fourth-order valence-corrected chi connectivity index (χ4v) is 2.38. The molecule has 23 heavy (non-hydrogen) atoms. The number of aliphatic hydroxyl groups excluding tert-OH is 1. The standard InChI is InChI=1S/C18H34O5/c1-14(2)22-17(20)11-9-7-5-6-8-10-16(12-13-19)18(21)23-15(3)4/h14-16,19H,5-13H2,1-4H3. The second kappa shape index (κ2) is 13.3. The van der Waals surface area contributed by atoms with Crippen molar-refractivity contribution in [2.45, 2.75) is 91.3 Å². The zero-order valence-electron chi connectivity index (χ0n) is 15.2. The summed E-state index contributed by atoms with van der Waals surface area (Å²) in [4.78, 5) is 23.3. The molecule has 0 aliphatic heterocycles. The summed E-state index contributed by atoms with van der Waals surface area (Å²) >= 11 is 0. The Morgan fingerprint density at radius 3 is 1.96 bits per heavy atom. The molecule has 0 spiro atoms. The Hall–Kier alpha value is -1.10. The van der Waals surface area contributed by atoms with Gasteiger partial charge in [0.05, 0.1) is 18.1 Å². The molecule has 1 unspecified atom stereocenters. The van der Waals surface area contributed by atoms with Crippen molar-refractivity contribution < 1.29 is 24.2 Å². The van der Waals surface area contributed by atoms with Gasteiger partial charge in [0.15, 0.2) is 0 Å². The smallest absolute Gasteiger partial charge is 0.309 e. The number of rotatable bonds is 13. The fraction of sp³-hybridized carbons (Fsp3) is 0.889. The van der Waals surface area contributed by atoms with Gasteiger partial charge in [-0.25, -0.2) is 0 Å². The van der Waals surface area contributed by atoms with E-state index in [1.807, 2.05) is 27.7 Å². The van der Waals surface area contributed by atoms with Gasteiger partial charge in [-0.15, -0.1) is 0 Å². The number of carbonyl (C=O) groups is 2. The molecule has 0 saturated carbocycles. The maximum Gasteiger partial charge on any atom is 0.309 e. The van der Waals surface area contributed by atoms with Crippen LogP contribution < -0.4 is 0 Å². The van der Waals surface area contributed by atoms with E-state index < -0.39 is 0 Å². The molecule has 0 aromatic heterocycles. The van der Waals surface area contributed by atoms with Crippen molar-refractivity contribution >= 4 is 11.9 Å². The number of aliphatic hydroxyl groups is 1. The highest BCUT2D eigenvalue weighted by Gasteiger charge is 2.20. The maximum atomic E-state index is 11.9. The molecule has 1 atom stereocenters. The summed E-state index contributed by atoms with van der Waals surface area (Å²) in [7, 11) is 0. The quantitative estimate of drug-likeness (QED) is 0.412. The number of carbonyl (C=O) groups excluding carboxylic acids is 2. The van der Waals surface area contributed by atoms with Crippen molar-refractivity contribution in [3.63, 3.8) is 0 Å². The Kier molecular flexibility index (Phi) is 12.7. The number of unbranched alkanes of at least 4 members (excludes halogenated alkanes) is 4. The van der Waals surface area contributed by atoms with Crippen LogP contribution in [0.2, 0.25) is 0 Å². The van der Waals surface area contributed by atoms with E-state index in [0.29, 0.717) is 12.8 Å². The van der Waals surface area contributed by atoms with E-state index in [1.165, 1.54) is 0 Å². The lowest BCUT2D eigenvalue weighted by Crippen LogP contribution is -2.22. The lowest BCUT2D eigenvalue weighted by Gasteiger charge is -2.16. The van der Waals surface area contributed by atoms with Crippen molar-refractivity contribution in [3.05, 3.63) is 0 Å². The molecule has 5 heteroatoms. The Morgan fingerprint density at radius 1 is 0.826 bits per heavy atom. The monoisotopic (exact) mass is 330 g/mol. The molecule has 136 valence electrons. The molecule has 0 aromatic rings. The summed E-state index contributed by atoms with van der Waals surface area (Å²) in [5.41, 5.74) is 0. The van der Waals surface area contributed by atoms with Crippen LogP contribution in [0.4, 0.5) is 0 Å². The van der Waals surface area contributed by atoms with E-state index in [2.05, 4.69) is 0 Å². The lowest BCUT2D eigenvalue weighted by molar-refractivity contribution is -0.153. The molecule has 0 rings (SSSR count). The fourth-order valence-electron chi connectivity index (χ4n) is 2.38. The molecule has 0 fully saturated rings. The van der Waals surface area contributed by atoms with Crippen molar-refractivity contribution in [3.8, 4) is 0 Å². The molecule has 0 aliphatic carbocycles. The van der Waals surface area contributed by atoms with Crippen molar-refractivity contribution in [1.29, 1.82) is 0 Å². The molecule has 0 radical (unpaired) electrons. The first-order chi connectivity index (χ1) is 10.9. The Bertz CT molecular complexity index is 325. The molecular weight excluding hydrogens is 296 g/mol. The van der Waals surface area contributed by atoms with Crippen LogP contribution in [0.1, 0.15) is 79.1 Å². The van der Waals surface area contributed by atoms with E-state index in [0.717, 1.165) is 38.5 Å². The zero-order valence-corrected chi connectivity index (χ0v) is 15.2. The first kappa shape index (κ1) is 21.9. The van der Waals surface area contributed by atoms with Crippen LogP contribution in [-0.2, 0) is 19.1 Å². The summed E-state index contributed by atoms with van der Waals surface area (Å²) in [6, 6.07) is 0. The molecule has 1 N–H and O–H groups in total. The van der Waals surface area contributed by atoms with Crippen molar-refractivity contribution in [2.24, 2.45) is 5.92 Å². The Labute approximate surface area is 140 Å². The molecular formula is C18H34O5. The van der Waals surface area contributed by atoms with Gasteiger partial charge in [0, 0.05) is 13.0 Å². The van der Waals surface area contributed by atoms with Crippen LogP contribution in [0.3, 0.4) is 0 Å². The minimum atomic E-state index is -0.205. The Morgan fingerprint density at radius 2 is 1.39 bits per heavy atom. The average molecular weight is 330 g/mol. The minimum Gasteiger partial charge on any atom is -0.463 e. The molecule has 0 saturated heterocycles. The highest BCUT2D eigenvalue weighted by Crippen LogP contribution is 2.17. The van der Waals surface area contributed by atoms with E-state index in [9.17, 15) is 9.59 Å². The van der Waals surface area contributed by atoms with Crippen LogP contribution in [0.15, 0.2) is 0 Å². The summed E-state index contributed by atoms with van der Waals surface area (Å²) in [5.74, 6) is -0.534. The van der Waals surface area contributed by atoms with Gasteiger partial charge in [-0.1, -0.05) is 25.7 Å². The third-order valence-electron chi connectivity index (χ3n) is 3.46.